The molecule has 1 saturated heterocycles. The van der Waals surface area contributed by atoms with Crippen LogP contribution in [-0.4, -0.2) is 35.7 Å². The van der Waals surface area contributed by atoms with E-state index in [0.29, 0.717) is 12.4 Å². The highest BCUT2D eigenvalue weighted by atomic mass is 16.5. The molecule has 0 bridgehead atoms. The van der Waals surface area contributed by atoms with E-state index in [4.69, 9.17) is 4.52 Å². The molecule has 5 nitrogen and oxygen atoms in total. The summed E-state index contributed by atoms with van der Waals surface area (Å²) in [4.78, 5) is 15.4. The topological polar surface area (TPSA) is 49.6 Å². The van der Waals surface area contributed by atoms with Crippen molar-refractivity contribution in [3.05, 3.63) is 11.8 Å². The monoisotopic (exact) mass is 237 g/mol. The molecule has 0 saturated carbocycles. The lowest BCUT2D eigenvalue weighted by molar-refractivity contribution is 0.222. The van der Waals surface area contributed by atoms with Crippen molar-refractivity contribution < 1.29 is 9.32 Å². The van der Waals surface area contributed by atoms with Gasteiger partial charge in [-0.05, 0) is 6.92 Å². The summed E-state index contributed by atoms with van der Waals surface area (Å²) in [5.41, 5.74) is -0.0849. The second kappa shape index (κ2) is 4.05. The maximum Gasteiger partial charge on any atom is 0.325 e. The van der Waals surface area contributed by atoms with Gasteiger partial charge in [0.1, 0.15) is 5.76 Å². The van der Waals surface area contributed by atoms with E-state index in [-0.39, 0.29) is 11.4 Å². The predicted molar refractivity (Wildman–Crippen MR) is 65.2 cm³/mol. The summed E-state index contributed by atoms with van der Waals surface area (Å²) in [7, 11) is 0. The van der Waals surface area contributed by atoms with Crippen LogP contribution in [0.2, 0.25) is 0 Å². The van der Waals surface area contributed by atoms with Crippen LogP contribution in [0.4, 0.5) is 10.6 Å². The van der Waals surface area contributed by atoms with Crippen LogP contribution in [0.25, 0.3) is 0 Å². The lowest BCUT2D eigenvalue weighted by Gasteiger charge is -2.14. The fourth-order valence-electron chi connectivity index (χ4n) is 1.84. The summed E-state index contributed by atoms with van der Waals surface area (Å²) < 4.78 is 5.30. The third-order valence-electron chi connectivity index (χ3n) is 2.99. The van der Waals surface area contributed by atoms with Crippen LogP contribution in [0.15, 0.2) is 10.6 Å². The number of hydrogen-bond acceptors (Lipinski definition) is 3. The molecule has 0 spiro atoms. The molecule has 2 amide bonds. The maximum atomic E-state index is 12.0. The summed E-state index contributed by atoms with van der Waals surface area (Å²) in [5.74, 6) is 1.42. The zero-order chi connectivity index (χ0) is 12.6. The van der Waals surface area contributed by atoms with Crippen LogP contribution in [-0.2, 0) is 5.41 Å². The average Bonchev–Trinajstić information content (AvgIpc) is 2.82. The smallest absolute Gasteiger partial charge is 0.325 e. The van der Waals surface area contributed by atoms with Gasteiger partial charge in [0, 0.05) is 31.1 Å². The molecule has 2 heterocycles. The molecule has 17 heavy (non-hydrogen) atoms. The minimum atomic E-state index is -0.0849. The van der Waals surface area contributed by atoms with Gasteiger partial charge in [-0.3, -0.25) is 4.90 Å². The minimum Gasteiger partial charge on any atom is -0.359 e. The molecule has 1 aliphatic heterocycles. The molecule has 0 N–H and O–H groups in total. The number of urea groups is 1. The van der Waals surface area contributed by atoms with Crippen molar-refractivity contribution in [2.24, 2.45) is 0 Å². The number of amides is 2. The molecule has 1 aliphatic rings. The second-order valence-corrected chi connectivity index (χ2v) is 5.31. The summed E-state index contributed by atoms with van der Waals surface area (Å²) in [6.07, 6.45) is 0. The van der Waals surface area contributed by atoms with Crippen molar-refractivity contribution in [2.45, 2.75) is 33.1 Å². The fourth-order valence-corrected chi connectivity index (χ4v) is 1.84. The molecule has 5 heteroatoms. The van der Waals surface area contributed by atoms with Gasteiger partial charge in [-0.1, -0.05) is 25.9 Å². The molecular formula is C12H19N3O2. The van der Waals surface area contributed by atoms with Crippen LogP contribution in [0, 0.1) is 0 Å². The number of carbonyl (C=O) groups excluding carboxylic acids is 1. The maximum absolute atomic E-state index is 12.0. The number of aromatic nitrogens is 1. The highest BCUT2D eigenvalue weighted by molar-refractivity contribution is 5.93. The number of anilines is 1. The summed E-state index contributed by atoms with van der Waals surface area (Å²) in [6.45, 7) is 10.3. The molecule has 0 unspecified atom stereocenters. The summed E-state index contributed by atoms with van der Waals surface area (Å²) >= 11 is 0. The van der Waals surface area contributed by atoms with Crippen molar-refractivity contribution >= 4 is 11.8 Å². The van der Waals surface area contributed by atoms with E-state index >= 15 is 0 Å². The molecule has 0 radical (unpaired) electrons. The quantitative estimate of drug-likeness (QED) is 0.792. The Kier molecular flexibility index (Phi) is 2.85. The summed E-state index contributed by atoms with van der Waals surface area (Å²) in [6, 6.07) is 1.87. The van der Waals surface area contributed by atoms with E-state index in [0.717, 1.165) is 18.8 Å². The molecule has 1 fully saturated rings. The van der Waals surface area contributed by atoms with Gasteiger partial charge in [-0.2, -0.15) is 0 Å². The highest BCUT2D eigenvalue weighted by Crippen LogP contribution is 2.27. The van der Waals surface area contributed by atoms with Crippen molar-refractivity contribution in [1.82, 2.24) is 10.1 Å². The van der Waals surface area contributed by atoms with E-state index < -0.39 is 0 Å². The van der Waals surface area contributed by atoms with Gasteiger partial charge >= 0.3 is 6.03 Å². The van der Waals surface area contributed by atoms with Crippen molar-refractivity contribution in [3.63, 3.8) is 0 Å². The van der Waals surface area contributed by atoms with Crippen LogP contribution >= 0.6 is 0 Å². The Morgan fingerprint density at radius 1 is 1.41 bits per heavy atom. The van der Waals surface area contributed by atoms with Crippen molar-refractivity contribution in [2.75, 3.05) is 24.5 Å². The zero-order valence-electron chi connectivity index (χ0n) is 10.9. The number of rotatable bonds is 2. The summed E-state index contributed by atoms with van der Waals surface area (Å²) in [5, 5.41) is 3.99. The molecule has 1 aromatic heterocycles. The van der Waals surface area contributed by atoms with E-state index in [1.54, 1.807) is 9.80 Å². The number of carbonyl (C=O) groups is 1. The van der Waals surface area contributed by atoms with Crippen LogP contribution in [0.3, 0.4) is 0 Å². The van der Waals surface area contributed by atoms with Gasteiger partial charge in [-0.25, -0.2) is 4.79 Å². The van der Waals surface area contributed by atoms with E-state index in [2.05, 4.69) is 25.9 Å². The third-order valence-corrected chi connectivity index (χ3v) is 2.99. The van der Waals surface area contributed by atoms with Crippen LogP contribution in [0.5, 0.6) is 0 Å². The van der Waals surface area contributed by atoms with Gasteiger partial charge in [0.05, 0.1) is 0 Å². The lowest BCUT2D eigenvalue weighted by atomic mass is 9.93. The molecule has 1 aromatic rings. The molecular weight excluding hydrogens is 218 g/mol. The normalized spacial score (nSPS) is 17.1. The predicted octanol–water partition coefficient (Wildman–Crippen LogP) is 2.23. The Bertz CT molecular complexity index is 420. The Morgan fingerprint density at radius 3 is 2.59 bits per heavy atom. The zero-order valence-corrected chi connectivity index (χ0v) is 10.9. The van der Waals surface area contributed by atoms with E-state index in [1.807, 2.05) is 13.0 Å². The van der Waals surface area contributed by atoms with E-state index in [1.165, 1.54) is 0 Å². The molecule has 2 rings (SSSR count). The first-order chi connectivity index (χ1) is 7.93. The Hall–Kier alpha value is -1.52. The van der Waals surface area contributed by atoms with Crippen LogP contribution < -0.4 is 4.90 Å². The third kappa shape index (κ3) is 2.14. The van der Waals surface area contributed by atoms with Crippen LogP contribution in [0.1, 0.15) is 33.5 Å². The molecule has 0 atom stereocenters. The fraction of sp³-hybridized carbons (Fsp3) is 0.667. The lowest BCUT2D eigenvalue weighted by Crippen LogP contribution is -2.31. The number of hydrogen-bond donors (Lipinski definition) is 0. The van der Waals surface area contributed by atoms with Gasteiger partial charge in [0.25, 0.3) is 0 Å². The Labute approximate surface area is 101 Å². The largest absolute Gasteiger partial charge is 0.359 e. The first-order valence-electron chi connectivity index (χ1n) is 5.97. The second-order valence-electron chi connectivity index (χ2n) is 5.31. The average molecular weight is 237 g/mol. The van der Waals surface area contributed by atoms with Gasteiger partial charge in [0.2, 0.25) is 0 Å². The first-order valence-corrected chi connectivity index (χ1v) is 5.97. The van der Waals surface area contributed by atoms with Crippen molar-refractivity contribution in [3.8, 4) is 0 Å². The Balaban J connectivity index is 2.19. The highest BCUT2D eigenvalue weighted by Gasteiger charge is 2.31. The van der Waals surface area contributed by atoms with E-state index in [9.17, 15) is 4.79 Å². The first kappa shape index (κ1) is 12.0. The van der Waals surface area contributed by atoms with Gasteiger partial charge in [-0.15, -0.1) is 0 Å². The standard InChI is InChI=1S/C12H19N3O2/c1-5-14-6-7-15(11(14)16)10-8-9(17-13-10)12(2,3)4/h8H,5-7H2,1-4H3. The van der Waals surface area contributed by atoms with Crippen molar-refractivity contribution in [1.29, 1.82) is 0 Å². The minimum absolute atomic E-state index is 0.0151. The SMILES string of the molecule is CCN1CCN(c2cc(C(C)(C)C)on2)C1=O. The molecule has 0 aliphatic carbocycles. The number of nitrogens with zero attached hydrogens (tertiary/aromatic N) is 3. The molecule has 94 valence electrons. The molecule has 0 aromatic carbocycles. The van der Waals surface area contributed by atoms with Gasteiger partial charge < -0.3 is 9.42 Å². The number of likely N-dealkylation sites (N-methyl/N-ethyl adjacent to an activating group) is 1. The Morgan fingerprint density at radius 2 is 2.12 bits per heavy atom. The van der Waals surface area contributed by atoms with Gasteiger partial charge in [0.15, 0.2) is 5.82 Å².